The third-order valence-corrected chi connectivity index (χ3v) is 5.75. The minimum absolute atomic E-state index is 0.0837. The van der Waals surface area contributed by atoms with E-state index in [2.05, 4.69) is 26.9 Å². The Morgan fingerprint density at radius 2 is 2.00 bits per heavy atom. The summed E-state index contributed by atoms with van der Waals surface area (Å²) in [5, 5.41) is 0. The summed E-state index contributed by atoms with van der Waals surface area (Å²) in [5.74, 6) is 0.423. The van der Waals surface area contributed by atoms with E-state index in [1.807, 2.05) is 11.9 Å². The Morgan fingerprint density at radius 1 is 1.29 bits per heavy atom. The molecular formula is C16H23N7O. The molecule has 4 rings (SSSR count). The standard InChI is InChI=1S/C16H23N7O/c1-21-10-3-4-11(21)6-12(5-10)22(2)13(24)7-23-9-20-14-15(17)18-8-19-16(14)23/h8-12H,3-7H2,1-2H3,(H2,17,18,19). The van der Waals surface area contributed by atoms with E-state index in [-0.39, 0.29) is 12.5 Å². The van der Waals surface area contributed by atoms with Gasteiger partial charge >= 0.3 is 0 Å². The predicted molar refractivity (Wildman–Crippen MR) is 90.1 cm³/mol. The molecule has 8 nitrogen and oxygen atoms in total. The fourth-order valence-corrected chi connectivity index (χ4v) is 4.17. The lowest BCUT2D eigenvalue weighted by Gasteiger charge is -2.40. The van der Waals surface area contributed by atoms with Crippen LogP contribution in [-0.2, 0) is 11.3 Å². The van der Waals surface area contributed by atoms with Gasteiger partial charge in [-0.25, -0.2) is 15.0 Å². The summed E-state index contributed by atoms with van der Waals surface area (Å²) in [4.78, 5) is 29.5. The van der Waals surface area contributed by atoms with Crippen LogP contribution in [0.5, 0.6) is 0 Å². The Bertz CT molecular complexity index is 759. The number of anilines is 1. The van der Waals surface area contributed by atoms with Gasteiger partial charge in [0, 0.05) is 25.2 Å². The van der Waals surface area contributed by atoms with E-state index in [4.69, 9.17) is 5.73 Å². The molecule has 2 aliphatic heterocycles. The van der Waals surface area contributed by atoms with Crippen molar-refractivity contribution in [1.29, 1.82) is 0 Å². The fourth-order valence-electron chi connectivity index (χ4n) is 4.17. The number of piperidine rings is 1. The second kappa shape index (κ2) is 5.70. The first kappa shape index (κ1) is 15.3. The van der Waals surface area contributed by atoms with Crippen molar-refractivity contribution < 1.29 is 4.79 Å². The average molecular weight is 329 g/mol. The maximum Gasteiger partial charge on any atom is 0.242 e. The Morgan fingerprint density at radius 3 is 2.71 bits per heavy atom. The fraction of sp³-hybridized carbons (Fsp3) is 0.625. The zero-order valence-corrected chi connectivity index (χ0v) is 14.1. The maximum atomic E-state index is 12.7. The van der Waals surface area contributed by atoms with Crippen LogP contribution in [0.15, 0.2) is 12.7 Å². The van der Waals surface area contributed by atoms with Crippen LogP contribution in [0.25, 0.3) is 11.2 Å². The Hall–Kier alpha value is -2.22. The topological polar surface area (TPSA) is 93.2 Å². The van der Waals surface area contributed by atoms with Gasteiger partial charge in [0.25, 0.3) is 0 Å². The largest absolute Gasteiger partial charge is 0.382 e. The summed E-state index contributed by atoms with van der Waals surface area (Å²) in [6, 6.07) is 1.55. The zero-order chi connectivity index (χ0) is 16.8. The molecule has 2 bridgehead atoms. The molecule has 2 aromatic heterocycles. The van der Waals surface area contributed by atoms with Gasteiger partial charge in [-0.1, -0.05) is 0 Å². The normalized spacial score (nSPS) is 26.8. The molecule has 2 saturated heterocycles. The van der Waals surface area contributed by atoms with Crippen molar-refractivity contribution in [2.75, 3.05) is 19.8 Å². The van der Waals surface area contributed by atoms with Gasteiger partial charge in [-0.2, -0.15) is 0 Å². The second-order valence-electron chi connectivity index (χ2n) is 6.98. The van der Waals surface area contributed by atoms with Crippen LogP contribution < -0.4 is 5.73 Å². The molecule has 0 radical (unpaired) electrons. The number of imidazole rings is 1. The number of aromatic nitrogens is 4. The monoisotopic (exact) mass is 329 g/mol. The average Bonchev–Trinajstić information content (AvgIpc) is 3.04. The van der Waals surface area contributed by atoms with Gasteiger partial charge in [0.05, 0.1) is 6.33 Å². The lowest BCUT2D eigenvalue weighted by Crippen LogP contribution is -2.50. The van der Waals surface area contributed by atoms with Crippen molar-refractivity contribution in [2.45, 2.75) is 50.4 Å². The first-order valence-corrected chi connectivity index (χ1v) is 8.43. The van der Waals surface area contributed by atoms with Crippen LogP contribution in [0.3, 0.4) is 0 Å². The third-order valence-electron chi connectivity index (χ3n) is 5.75. The summed E-state index contributed by atoms with van der Waals surface area (Å²) < 4.78 is 1.75. The Labute approximate surface area is 140 Å². The van der Waals surface area contributed by atoms with Gasteiger partial charge in [0.1, 0.15) is 18.4 Å². The van der Waals surface area contributed by atoms with Crippen LogP contribution >= 0.6 is 0 Å². The molecule has 8 heteroatoms. The highest BCUT2D eigenvalue weighted by molar-refractivity contribution is 5.83. The van der Waals surface area contributed by atoms with Crippen molar-refractivity contribution in [3.63, 3.8) is 0 Å². The highest BCUT2D eigenvalue weighted by Gasteiger charge is 2.40. The van der Waals surface area contributed by atoms with Gasteiger partial charge in [-0.15, -0.1) is 0 Å². The first-order chi connectivity index (χ1) is 11.5. The number of amides is 1. The molecule has 2 unspecified atom stereocenters. The van der Waals surface area contributed by atoms with E-state index < -0.39 is 0 Å². The van der Waals surface area contributed by atoms with E-state index in [9.17, 15) is 4.79 Å². The molecule has 2 fully saturated rings. The van der Waals surface area contributed by atoms with Crippen molar-refractivity contribution >= 4 is 22.9 Å². The Balaban J connectivity index is 1.48. The van der Waals surface area contributed by atoms with Crippen LogP contribution in [-0.4, -0.2) is 67.4 Å². The molecule has 2 aromatic rings. The van der Waals surface area contributed by atoms with Gasteiger partial charge in [0.15, 0.2) is 11.5 Å². The summed E-state index contributed by atoms with van der Waals surface area (Å²) >= 11 is 0. The van der Waals surface area contributed by atoms with Crippen molar-refractivity contribution in [1.82, 2.24) is 29.3 Å². The molecule has 2 N–H and O–H groups in total. The lowest BCUT2D eigenvalue weighted by molar-refractivity contribution is -0.133. The van der Waals surface area contributed by atoms with E-state index in [0.717, 1.165) is 12.8 Å². The molecule has 0 aromatic carbocycles. The molecule has 128 valence electrons. The minimum atomic E-state index is 0.0837. The third kappa shape index (κ3) is 2.41. The highest BCUT2D eigenvalue weighted by Crippen LogP contribution is 2.36. The van der Waals surface area contributed by atoms with Crippen molar-refractivity contribution in [3.05, 3.63) is 12.7 Å². The van der Waals surface area contributed by atoms with E-state index in [0.29, 0.717) is 35.1 Å². The molecule has 0 saturated carbocycles. The van der Waals surface area contributed by atoms with Crippen molar-refractivity contribution in [2.24, 2.45) is 0 Å². The van der Waals surface area contributed by atoms with Crippen LogP contribution in [0.2, 0.25) is 0 Å². The number of hydrogen-bond acceptors (Lipinski definition) is 6. The van der Waals surface area contributed by atoms with Gasteiger partial charge < -0.3 is 20.1 Å². The number of hydrogen-bond donors (Lipinski definition) is 1. The number of carbonyl (C=O) groups is 1. The maximum absolute atomic E-state index is 12.7. The summed E-state index contributed by atoms with van der Waals surface area (Å²) in [5.41, 5.74) is 6.95. The minimum Gasteiger partial charge on any atom is -0.382 e. The number of fused-ring (bicyclic) bond motifs is 3. The summed E-state index contributed by atoms with van der Waals surface area (Å²) in [7, 11) is 4.13. The van der Waals surface area contributed by atoms with Gasteiger partial charge in [-0.05, 0) is 32.7 Å². The summed E-state index contributed by atoms with van der Waals surface area (Å²) in [6.07, 6.45) is 7.65. The summed E-state index contributed by atoms with van der Waals surface area (Å²) in [6.45, 7) is 0.227. The molecule has 2 atom stereocenters. The van der Waals surface area contributed by atoms with Gasteiger partial charge in [-0.3, -0.25) is 4.79 Å². The molecule has 0 aliphatic carbocycles. The molecule has 24 heavy (non-hydrogen) atoms. The van der Waals surface area contributed by atoms with E-state index in [1.165, 1.54) is 19.2 Å². The number of carbonyl (C=O) groups excluding carboxylic acids is 1. The molecule has 1 amide bonds. The van der Waals surface area contributed by atoms with Crippen LogP contribution in [0.1, 0.15) is 25.7 Å². The number of nitrogens with zero attached hydrogens (tertiary/aromatic N) is 6. The molecule has 4 heterocycles. The predicted octanol–water partition coefficient (Wildman–Crippen LogP) is 0.492. The number of rotatable bonds is 3. The highest BCUT2D eigenvalue weighted by atomic mass is 16.2. The first-order valence-electron chi connectivity index (χ1n) is 8.43. The SMILES string of the molecule is CN(C(=O)Cn1cnc2c(N)ncnc21)C1CC2CCC(C1)N2C. The van der Waals surface area contributed by atoms with E-state index in [1.54, 1.807) is 10.9 Å². The van der Waals surface area contributed by atoms with E-state index >= 15 is 0 Å². The smallest absolute Gasteiger partial charge is 0.242 e. The van der Waals surface area contributed by atoms with Crippen LogP contribution in [0.4, 0.5) is 5.82 Å². The number of nitrogen functional groups attached to an aromatic ring is 1. The molecule has 0 spiro atoms. The zero-order valence-electron chi connectivity index (χ0n) is 14.1. The lowest BCUT2D eigenvalue weighted by atomic mass is 9.97. The number of nitrogens with two attached hydrogens (primary N) is 1. The molecule has 2 aliphatic rings. The number of likely N-dealkylation sites (N-methyl/N-ethyl adjacent to an activating group) is 1. The van der Waals surface area contributed by atoms with Gasteiger partial charge in [0.2, 0.25) is 5.91 Å². The molecular weight excluding hydrogens is 306 g/mol. The Kier molecular flexibility index (Phi) is 3.64. The quantitative estimate of drug-likeness (QED) is 0.881. The van der Waals surface area contributed by atoms with Crippen molar-refractivity contribution in [3.8, 4) is 0 Å². The van der Waals surface area contributed by atoms with Crippen LogP contribution in [0, 0.1) is 0 Å². The second-order valence-corrected chi connectivity index (χ2v) is 6.98.